The van der Waals surface area contributed by atoms with Crippen LogP contribution in [0.15, 0.2) is 0 Å². The Hall–Kier alpha value is -0.570. The van der Waals surface area contributed by atoms with Crippen molar-refractivity contribution in [3.63, 3.8) is 0 Å². The summed E-state index contributed by atoms with van der Waals surface area (Å²) in [6, 6.07) is 1.28. The standard InChI is InChI=1S/C14H29N3/c1-4-12-6-5-7-13(10-12)17(11(2)3)9-8-14(15)16/h11-13H,4-10H2,1-3H3,(H3,15,16). The van der Waals surface area contributed by atoms with Crippen LogP contribution in [0.25, 0.3) is 0 Å². The molecule has 0 saturated heterocycles. The Morgan fingerprint density at radius 1 is 1.41 bits per heavy atom. The lowest BCUT2D eigenvalue weighted by molar-refractivity contribution is 0.101. The van der Waals surface area contributed by atoms with Crippen LogP contribution in [-0.2, 0) is 0 Å². The molecule has 1 aliphatic carbocycles. The summed E-state index contributed by atoms with van der Waals surface area (Å²) in [6.07, 6.45) is 7.47. The molecule has 3 heteroatoms. The molecule has 0 aromatic heterocycles. The normalized spacial score (nSPS) is 25.5. The second-order valence-corrected chi connectivity index (χ2v) is 5.70. The number of rotatable bonds is 6. The lowest BCUT2D eigenvalue weighted by Crippen LogP contribution is -2.44. The van der Waals surface area contributed by atoms with Gasteiger partial charge in [-0.2, -0.15) is 0 Å². The van der Waals surface area contributed by atoms with E-state index in [1.165, 1.54) is 32.1 Å². The van der Waals surface area contributed by atoms with E-state index >= 15 is 0 Å². The fourth-order valence-electron chi connectivity index (χ4n) is 3.05. The highest BCUT2D eigenvalue weighted by atomic mass is 15.2. The van der Waals surface area contributed by atoms with Crippen LogP contribution in [0.4, 0.5) is 0 Å². The van der Waals surface area contributed by atoms with Crippen LogP contribution in [0.2, 0.25) is 0 Å². The van der Waals surface area contributed by atoms with Gasteiger partial charge in [-0.15, -0.1) is 0 Å². The molecule has 0 aliphatic heterocycles. The van der Waals surface area contributed by atoms with Crippen molar-refractivity contribution in [3.8, 4) is 0 Å². The van der Waals surface area contributed by atoms with E-state index in [2.05, 4.69) is 25.7 Å². The van der Waals surface area contributed by atoms with Crippen molar-refractivity contribution in [2.24, 2.45) is 11.7 Å². The summed E-state index contributed by atoms with van der Waals surface area (Å²) in [4.78, 5) is 2.56. The van der Waals surface area contributed by atoms with Crippen molar-refractivity contribution in [1.29, 1.82) is 5.41 Å². The third-order valence-corrected chi connectivity index (χ3v) is 4.10. The molecule has 0 aromatic carbocycles. The maximum absolute atomic E-state index is 7.37. The van der Waals surface area contributed by atoms with E-state index in [9.17, 15) is 0 Å². The van der Waals surface area contributed by atoms with E-state index in [0.29, 0.717) is 24.3 Å². The fourth-order valence-corrected chi connectivity index (χ4v) is 3.05. The summed E-state index contributed by atoms with van der Waals surface area (Å²) >= 11 is 0. The van der Waals surface area contributed by atoms with Gasteiger partial charge in [0.1, 0.15) is 0 Å². The molecular weight excluding hydrogens is 210 g/mol. The second kappa shape index (κ2) is 7.00. The van der Waals surface area contributed by atoms with Gasteiger partial charge in [0.15, 0.2) is 0 Å². The van der Waals surface area contributed by atoms with Gasteiger partial charge in [-0.25, -0.2) is 0 Å². The Bertz CT molecular complexity index is 238. The Kier molecular flexibility index (Phi) is 5.96. The first-order valence-corrected chi connectivity index (χ1v) is 7.13. The second-order valence-electron chi connectivity index (χ2n) is 5.70. The van der Waals surface area contributed by atoms with Crippen LogP contribution in [0.1, 0.15) is 59.3 Å². The average Bonchev–Trinajstić information content (AvgIpc) is 2.28. The summed E-state index contributed by atoms with van der Waals surface area (Å²) in [6.45, 7) is 7.78. The number of hydrogen-bond donors (Lipinski definition) is 2. The van der Waals surface area contributed by atoms with Gasteiger partial charge < -0.3 is 5.73 Å². The largest absolute Gasteiger partial charge is 0.388 e. The molecule has 0 bridgehead atoms. The Morgan fingerprint density at radius 3 is 2.65 bits per heavy atom. The van der Waals surface area contributed by atoms with Gasteiger partial charge in [-0.1, -0.05) is 26.2 Å². The van der Waals surface area contributed by atoms with Crippen LogP contribution in [0.5, 0.6) is 0 Å². The predicted molar refractivity (Wildman–Crippen MR) is 74.4 cm³/mol. The lowest BCUT2D eigenvalue weighted by atomic mass is 9.83. The van der Waals surface area contributed by atoms with Crippen LogP contribution in [0.3, 0.4) is 0 Å². The Balaban J connectivity index is 2.53. The molecule has 100 valence electrons. The van der Waals surface area contributed by atoms with Crippen molar-refractivity contribution >= 4 is 5.84 Å². The highest BCUT2D eigenvalue weighted by Gasteiger charge is 2.27. The van der Waals surface area contributed by atoms with Gasteiger partial charge >= 0.3 is 0 Å². The van der Waals surface area contributed by atoms with Crippen molar-refractivity contribution < 1.29 is 0 Å². The molecule has 1 saturated carbocycles. The summed E-state index contributed by atoms with van der Waals surface area (Å²) in [5, 5.41) is 7.37. The van der Waals surface area contributed by atoms with Crippen LogP contribution in [0, 0.1) is 11.3 Å². The van der Waals surface area contributed by atoms with Gasteiger partial charge in [-0.3, -0.25) is 10.3 Å². The van der Waals surface area contributed by atoms with Crippen LogP contribution < -0.4 is 5.73 Å². The number of nitrogens with zero attached hydrogens (tertiary/aromatic N) is 1. The maximum atomic E-state index is 7.37. The van der Waals surface area contributed by atoms with E-state index in [0.717, 1.165) is 12.5 Å². The summed E-state index contributed by atoms with van der Waals surface area (Å²) in [7, 11) is 0. The molecule has 0 heterocycles. The Morgan fingerprint density at radius 2 is 2.12 bits per heavy atom. The van der Waals surface area contributed by atoms with Gasteiger partial charge in [0.2, 0.25) is 0 Å². The molecule has 1 fully saturated rings. The zero-order valence-corrected chi connectivity index (χ0v) is 11.7. The minimum Gasteiger partial charge on any atom is -0.388 e. The Labute approximate surface area is 106 Å². The molecule has 3 N–H and O–H groups in total. The summed E-state index contributed by atoms with van der Waals surface area (Å²) < 4.78 is 0. The topological polar surface area (TPSA) is 53.1 Å². The maximum Gasteiger partial charge on any atom is 0.0918 e. The SMILES string of the molecule is CCC1CCCC(N(CCC(=N)N)C(C)C)C1. The summed E-state index contributed by atoms with van der Waals surface area (Å²) in [5.74, 6) is 1.23. The van der Waals surface area contributed by atoms with E-state index < -0.39 is 0 Å². The smallest absolute Gasteiger partial charge is 0.0918 e. The van der Waals surface area contributed by atoms with E-state index in [-0.39, 0.29) is 0 Å². The monoisotopic (exact) mass is 239 g/mol. The number of nitrogens with one attached hydrogen (secondary N) is 1. The average molecular weight is 239 g/mol. The molecular formula is C14H29N3. The number of nitrogens with two attached hydrogens (primary N) is 1. The first-order chi connectivity index (χ1) is 8.04. The molecule has 2 unspecified atom stereocenters. The zero-order chi connectivity index (χ0) is 12.8. The molecule has 1 rings (SSSR count). The molecule has 0 spiro atoms. The minimum atomic E-state index is 0.318. The van der Waals surface area contributed by atoms with Gasteiger partial charge in [0.05, 0.1) is 5.84 Å². The molecule has 3 nitrogen and oxygen atoms in total. The third-order valence-electron chi connectivity index (χ3n) is 4.10. The zero-order valence-electron chi connectivity index (χ0n) is 11.7. The predicted octanol–water partition coefficient (Wildman–Crippen LogP) is 2.99. The van der Waals surface area contributed by atoms with Gasteiger partial charge in [0.25, 0.3) is 0 Å². The molecule has 1 aliphatic rings. The molecule has 0 aromatic rings. The van der Waals surface area contributed by atoms with Gasteiger partial charge in [-0.05, 0) is 32.6 Å². The third kappa shape index (κ3) is 4.66. The van der Waals surface area contributed by atoms with Crippen molar-refractivity contribution in [3.05, 3.63) is 0 Å². The highest BCUT2D eigenvalue weighted by molar-refractivity contribution is 5.76. The summed E-state index contributed by atoms with van der Waals surface area (Å²) in [5.41, 5.74) is 5.48. The quantitative estimate of drug-likeness (QED) is 0.553. The van der Waals surface area contributed by atoms with Crippen molar-refractivity contribution in [2.75, 3.05) is 6.54 Å². The van der Waals surface area contributed by atoms with Gasteiger partial charge in [0, 0.05) is 25.0 Å². The fraction of sp³-hybridized carbons (Fsp3) is 0.929. The molecule has 0 amide bonds. The minimum absolute atomic E-state index is 0.318. The first kappa shape index (κ1) is 14.5. The first-order valence-electron chi connectivity index (χ1n) is 7.13. The number of amidine groups is 1. The molecule has 2 atom stereocenters. The van der Waals surface area contributed by atoms with E-state index in [4.69, 9.17) is 11.1 Å². The van der Waals surface area contributed by atoms with E-state index in [1.54, 1.807) is 0 Å². The highest BCUT2D eigenvalue weighted by Crippen LogP contribution is 2.30. The van der Waals surface area contributed by atoms with Crippen molar-refractivity contribution in [2.45, 2.75) is 71.4 Å². The van der Waals surface area contributed by atoms with Crippen LogP contribution in [-0.4, -0.2) is 29.4 Å². The molecule has 0 radical (unpaired) electrons. The van der Waals surface area contributed by atoms with Crippen LogP contribution >= 0.6 is 0 Å². The molecule has 17 heavy (non-hydrogen) atoms. The lowest BCUT2D eigenvalue weighted by Gasteiger charge is -2.39. The number of hydrogen-bond acceptors (Lipinski definition) is 2. The van der Waals surface area contributed by atoms with E-state index in [1.807, 2.05) is 0 Å². The van der Waals surface area contributed by atoms with Crippen molar-refractivity contribution in [1.82, 2.24) is 4.90 Å².